The van der Waals surface area contributed by atoms with E-state index in [1.807, 2.05) is 6.92 Å². The van der Waals surface area contributed by atoms with Gasteiger partial charge in [-0.3, -0.25) is 14.9 Å². The molecule has 0 bridgehead atoms. The highest BCUT2D eigenvalue weighted by atomic mass is 16.6. The molecule has 0 atom stereocenters. The highest BCUT2D eigenvalue weighted by Crippen LogP contribution is 2.23. The third-order valence-electron chi connectivity index (χ3n) is 3.17. The van der Waals surface area contributed by atoms with Gasteiger partial charge in [0.05, 0.1) is 4.92 Å². The molecular weight excluding hydrogens is 300 g/mol. The van der Waals surface area contributed by atoms with Crippen molar-refractivity contribution in [1.82, 2.24) is 5.32 Å². The van der Waals surface area contributed by atoms with E-state index in [4.69, 9.17) is 9.15 Å². The average molecular weight is 318 g/mol. The predicted molar refractivity (Wildman–Crippen MR) is 83.5 cm³/mol. The van der Waals surface area contributed by atoms with E-state index in [0.717, 1.165) is 6.42 Å². The molecule has 0 aliphatic heterocycles. The molecule has 1 heterocycles. The first-order valence-corrected chi connectivity index (χ1v) is 7.26. The van der Waals surface area contributed by atoms with E-state index in [1.54, 1.807) is 25.1 Å². The number of hydrogen-bond acceptors (Lipinski definition) is 5. The number of nitro benzene ring substituents is 1. The Bertz CT molecular complexity index is 708. The SMILES string of the molecule is CCCNC(=O)c1ccc(COc2ccc([N+](=O)[O-])c(C)c2)o1. The molecule has 0 spiro atoms. The van der Waals surface area contributed by atoms with E-state index < -0.39 is 4.92 Å². The third kappa shape index (κ3) is 4.32. The average Bonchev–Trinajstić information content (AvgIpc) is 2.99. The minimum atomic E-state index is -0.438. The maximum Gasteiger partial charge on any atom is 0.286 e. The van der Waals surface area contributed by atoms with Crippen LogP contribution in [0.3, 0.4) is 0 Å². The van der Waals surface area contributed by atoms with E-state index in [9.17, 15) is 14.9 Å². The Hall–Kier alpha value is -2.83. The number of carbonyl (C=O) groups excluding carboxylic acids is 1. The number of carbonyl (C=O) groups is 1. The molecule has 23 heavy (non-hydrogen) atoms. The summed E-state index contributed by atoms with van der Waals surface area (Å²) in [5.74, 6) is 0.977. The molecule has 1 aromatic heterocycles. The van der Waals surface area contributed by atoms with E-state index in [1.165, 1.54) is 12.1 Å². The predicted octanol–water partition coefficient (Wildman–Crippen LogP) is 3.22. The molecule has 0 aliphatic carbocycles. The number of nitrogens with zero attached hydrogens (tertiary/aromatic N) is 1. The van der Waals surface area contributed by atoms with Gasteiger partial charge in [-0.2, -0.15) is 0 Å². The Morgan fingerprint density at radius 2 is 2.13 bits per heavy atom. The number of hydrogen-bond donors (Lipinski definition) is 1. The lowest BCUT2D eigenvalue weighted by molar-refractivity contribution is -0.385. The van der Waals surface area contributed by atoms with Crippen molar-refractivity contribution in [2.45, 2.75) is 26.9 Å². The highest BCUT2D eigenvalue weighted by molar-refractivity contribution is 5.91. The second-order valence-corrected chi connectivity index (χ2v) is 5.02. The molecule has 0 unspecified atom stereocenters. The monoisotopic (exact) mass is 318 g/mol. The van der Waals surface area contributed by atoms with E-state index in [2.05, 4.69) is 5.32 Å². The van der Waals surface area contributed by atoms with Gasteiger partial charge in [0.25, 0.3) is 11.6 Å². The van der Waals surface area contributed by atoms with Gasteiger partial charge < -0.3 is 14.5 Å². The van der Waals surface area contributed by atoms with Crippen LogP contribution in [0.4, 0.5) is 5.69 Å². The van der Waals surface area contributed by atoms with Crippen molar-refractivity contribution < 1.29 is 18.9 Å². The second kappa shape index (κ2) is 7.44. The first-order valence-electron chi connectivity index (χ1n) is 7.26. The van der Waals surface area contributed by atoms with Gasteiger partial charge in [0.2, 0.25) is 0 Å². The van der Waals surface area contributed by atoms with Crippen LogP contribution in [0.15, 0.2) is 34.7 Å². The Morgan fingerprint density at radius 3 is 2.78 bits per heavy atom. The van der Waals surface area contributed by atoms with Crippen molar-refractivity contribution in [2.24, 2.45) is 0 Å². The van der Waals surface area contributed by atoms with Gasteiger partial charge in [-0.25, -0.2) is 0 Å². The number of aryl methyl sites for hydroxylation is 1. The van der Waals surface area contributed by atoms with Crippen LogP contribution in [0.5, 0.6) is 5.75 Å². The zero-order chi connectivity index (χ0) is 16.8. The van der Waals surface area contributed by atoms with E-state index in [0.29, 0.717) is 23.6 Å². The lowest BCUT2D eigenvalue weighted by atomic mass is 10.2. The van der Waals surface area contributed by atoms with Gasteiger partial charge >= 0.3 is 0 Å². The van der Waals surface area contributed by atoms with E-state index in [-0.39, 0.29) is 24.0 Å². The zero-order valence-corrected chi connectivity index (χ0v) is 13.0. The quantitative estimate of drug-likeness (QED) is 0.625. The van der Waals surface area contributed by atoms with E-state index >= 15 is 0 Å². The largest absolute Gasteiger partial charge is 0.486 e. The number of nitrogens with one attached hydrogen (secondary N) is 1. The molecule has 7 nitrogen and oxygen atoms in total. The lowest BCUT2D eigenvalue weighted by Gasteiger charge is -2.05. The molecular formula is C16H18N2O5. The smallest absolute Gasteiger partial charge is 0.286 e. The molecule has 7 heteroatoms. The van der Waals surface area contributed by atoms with Crippen molar-refractivity contribution >= 4 is 11.6 Å². The van der Waals surface area contributed by atoms with Crippen LogP contribution in [0.2, 0.25) is 0 Å². The Morgan fingerprint density at radius 1 is 1.35 bits per heavy atom. The summed E-state index contributed by atoms with van der Waals surface area (Å²) in [5.41, 5.74) is 0.566. The molecule has 1 amide bonds. The minimum Gasteiger partial charge on any atom is -0.486 e. The van der Waals surface area contributed by atoms with Crippen LogP contribution in [-0.4, -0.2) is 17.4 Å². The van der Waals surface area contributed by atoms with Gasteiger partial charge in [0.1, 0.15) is 18.1 Å². The zero-order valence-electron chi connectivity index (χ0n) is 13.0. The fraction of sp³-hybridized carbons (Fsp3) is 0.312. The summed E-state index contributed by atoms with van der Waals surface area (Å²) in [6.45, 7) is 4.34. The van der Waals surface area contributed by atoms with Crippen LogP contribution in [0.1, 0.15) is 35.2 Å². The molecule has 2 rings (SSSR count). The molecule has 0 aliphatic rings. The van der Waals surface area contributed by atoms with Crippen LogP contribution in [0.25, 0.3) is 0 Å². The van der Waals surface area contributed by atoms with Gasteiger partial charge in [-0.05, 0) is 37.6 Å². The molecule has 0 fully saturated rings. The second-order valence-electron chi connectivity index (χ2n) is 5.02. The number of ether oxygens (including phenoxy) is 1. The van der Waals surface area contributed by atoms with Crippen LogP contribution >= 0.6 is 0 Å². The van der Waals surface area contributed by atoms with Gasteiger partial charge in [-0.1, -0.05) is 6.92 Å². The van der Waals surface area contributed by atoms with Crippen molar-refractivity contribution in [3.05, 3.63) is 57.5 Å². The summed E-state index contributed by atoms with van der Waals surface area (Å²) >= 11 is 0. The summed E-state index contributed by atoms with van der Waals surface area (Å²) < 4.78 is 10.9. The Labute approximate surface area is 133 Å². The van der Waals surface area contributed by atoms with Crippen LogP contribution in [-0.2, 0) is 6.61 Å². The highest BCUT2D eigenvalue weighted by Gasteiger charge is 2.13. The van der Waals surface area contributed by atoms with Gasteiger partial charge in [0.15, 0.2) is 5.76 Å². The van der Waals surface area contributed by atoms with Crippen molar-refractivity contribution in [3.8, 4) is 5.75 Å². The van der Waals surface area contributed by atoms with Crippen molar-refractivity contribution in [2.75, 3.05) is 6.54 Å². The molecule has 1 N–H and O–H groups in total. The summed E-state index contributed by atoms with van der Waals surface area (Å²) in [5, 5.41) is 13.5. The normalized spacial score (nSPS) is 10.3. The number of furan rings is 1. The lowest BCUT2D eigenvalue weighted by Crippen LogP contribution is -2.23. The number of benzene rings is 1. The Kier molecular flexibility index (Phi) is 5.35. The molecule has 1 aromatic carbocycles. The molecule has 0 saturated heterocycles. The Balaban J connectivity index is 1.96. The van der Waals surface area contributed by atoms with Gasteiger partial charge in [0, 0.05) is 18.2 Å². The third-order valence-corrected chi connectivity index (χ3v) is 3.17. The summed E-state index contributed by atoms with van der Waals surface area (Å²) in [6.07, 6.45) is 0.849. The summed E-state index contributed by atoms with van der Waals surface area (Å²) in [6, 6.07) is 7.78. The first kappa shape index (κ1) is 16.5. The number of rotatable bonds is 7. The van der Waals surface area contributed by atoms with Crippen molar-refractivity contribution in [3.63, 3.8) is 0 Å². The van der Waals surface area contributed by atoms with Crippen LogP contribution < -0.4 is 10.1 Å². The standard InChI is InChI=1S/C16H18N2O5/c1-3-8-17-16(19)15-7-5-13(23-15)10-22-12-4-6-14(18(20)21)11(2)9-12/h4-7,9H,3,8,10H2,1-2H3,(H,17,19). The molecule has 122 valence electrons. The summed E-state index contributed by atoms with van der Waals surface area (Å²) in [4.78, 5) is 22.1. The van der Waals surface area contributed by atoms with Gasteiger partial charge in [-0.15, -0.1) is 0 Å². The fourth-order valence-electron chi connectivity index (χ4n) is 1.98. The molecule has 0 radical (unpaired) electrons. The first-order chi connectivity index (χ1) is 11.0. The number of nitro groups is 1. The fourth-order valence-corrected chi connectivity index (χ4v) is 1.98. The molecule has 2 aromatic rings. The summed E-state index contributed by atoms with van der Waals surface area (Å²) in [7, 11) is 0. The maximum atomic E-state index is 11.7. The van der Waals surface area contributed by atoms with Crippen molar-refractivity contribution in [1.29, 1.82) is 0 Å². The maximum absolute atomic E-state index is 11.7. The molecule has 0 saturated carbocycles. The van der Waals surface area contributed by atoms with Crippen LogP contribution in [0, 0.1) is 17.0 Å². The number of amides is 1. The topological polar surface area (TPSA) is 94.6 Å². The minimum absolute atomic E-state index is 0.0465.